The van der Waals surface area contributed by atoms with Gasteiger partial charge in [0.1, 0.15) is 5.75 Å². The van der Waals surface area contributed by atoms with Crippen LogP contribution in [0.1, 0.15) is 44.1 Å². The summed E-state index contributed by atoms with van der Waals surface area (Å²) in [6.07, 6.45) is 1.83. The highest BCUT2D eigenvalue weighted by Crippen LogP contribution is 2.21. The van der Waals surface area contributed by atoms with Gasteiger partial charge in [-0.1, -0.05) is 12.1 Å². The molecule has 2 rings (SSSR count). The van der Waals surface area contributed by atoms with Gasteiger partial charge < -0.3 is 10.1 Å². The summed E-state index contributed by atoms with van der Waals surface area (Å²) in [5.74, 6) is 0.920. The molecule has 2 unspecified atom stereocenters. The smallest absolute Gasteiger partial charge is 0.119 e. The molecular weight excluding hydrogens is 250 g/mol. The fraction of sp³-hybridized carbons (Fsp3) is 0.438. The van der Waals surface area contributed by atoms with E-state index in [0.717, 1.165) is 5.75 Å². The predicted octanol–water partition coefficient (Wildman–Crippen LogP) is 3.23. The lowest BCUT2D eigenvalue weighted by Gasteiger charge is -2.20. The Labute approximate surface area is 120 Å². The number of aryl methyl sites for hydroxylation is 1. The van der Waals surface area contributed by atoms with Gasteiger partial charge in [-0.15, -0.1) is 0 Å². The van der Waals surface area contributed by atoms with Crippen molar-refractivity contribution in [3.05, 3.63) is 47.8 Å². The molecule has 0 amide bonds. The summed E-state index contributed by atoms with van der Waals surface area (Å²) in [7, 11) is 1.97. The zero-order valence-electron chi connectivity index (χ0n) is 12.6. The summed E-state index contributed by atoms with van der Waals surface area (Å²) in [4.78, 5) is 0. The van der Waals surface area contributed by atoms with Gasteiger partial charge in [0, 0.05) is 25.3 Å². The minimum Gasteiger partial charge on any atom is -0.494 e. The van der Waals surface area contributed by atoms with Crippen molar-refractivity contribution in [2.45, 2.75) is 32.9 Å². The Morgan fingerprint density at radius 1 is 1.15 bits per heavy atom. The van der Waals surface area contributed by atoms with Crippen molar-refractivity contribution < 1.29 is 4.74 Å². The van der Waals surface area contributed by atoms with E-state index in [1.54, 1.807) is 0 Å². The summed E-state index contributed by atoms with van der Waals surface area (Å²) in [5.41, 5.74) is 2.44. The average molecular weight is 273 g/mol. The summed E-state index contributed by atoms with van der Waals surface area (Å²) >= 11 is 0. The minimum absolute atomic E-state index is 0.254. The molecule has 0 fully saturated rings. The number of rotatable bonds is 6. The Morgan fingerprint density at radius 2 is 1.85 bits per heavy atom. The van der Waals surface area contributed by atoms with Crippen LogP contribution in [0.25, 0.3) is 0 Å². The van der Waals surface area contributed by atoms with Gasteiger partial charge in [0.2, 0.25) is 0 Å². The van der Waals surface area contributed by atoms with Crippen LogP contribution < -0.4 is 10.1 Å². The summed E-state index contributed by atoms with van der Waals surface area (Å²) < 4.78 is 7.37. The molecular formula is C16H23N3O. The van der Waals surface area contributed by atoms with Crippen molar-refractivity contribution in [1.82, 2.24) is 15.1 Å². The van der Waals surface area contributed by atoms with Gasteiger partial charge >= 0.3 is 0 Å². The summed E-state index contributed by atoms with van der Waals surface area (Å²) in [5, 5.41) is 7.80. The highest BCUT2D eigenvalue weighted by molar-refractivity contribution is 5.29. The first-order valence-electron chi connectivity index (χ1n) is 7.08. The van der Waals surface area contributed by atoms with Crippen molar-refractivity contribution in [1.29, 1.82) is 0 Å². The van der Waals surface area contributed by atoms with Crippen molar-refractivity contribution in [3.63, 3.8) is 0 Å². The van der Waals surface area contributed by atoms with Gasteiger partial charge in [-0.05, 0) is 44.5 Å². The number of nitrogens with zero attached hydrogens (tertiary/aromatic N) is 2. The number of hydrogen-bond acceptors (Lipinski definition) is 3. The van der Waals surface area contributed by atoms with Crippen LogP contribution >= 0.6 is 0 Å². The van der Waals surface area contributed by atoms with E-state index in [1.165, 1.54) is 11.3 Å². The fourth-order valence-corrected chi connectivity index (χ4v) is 2.38. The molecule has 1 aromatic heterocycles. The molecule has 0 spiro atoms. The predicted molar refractivity (Wildman–Crippen MR) is 80.8 cm³/mol. The van der Waals surface area contributed by atoms with Crippen LogP contribution in [0, 0.1) is 0 Å². The lowest BCUT2D eigenvalue weighted by molar-refractivity contribution is 0.340. The van der Waals surface area contributed by atoms with E-state index >= 15 is 0 Å². The normalized spacial score (nSPS) is 14.0. The molecule has 0 saturated carbocycles. The van der Waals surface area contributed by atoms with Crippen molar-refractivity contribution in [2.24, 2.45) is 7.05 Å². The quantitative estimate of drug-likeness (QED) is 0.878. The van der Waals surface area contributed by atoms with E-state index < -0.39 is 0 Å². The van der Waals surface area contributed by atoms with Crippen LogP contribution in [-0.2, 0) is 7.05 Å². The molecule has 20 heavy (non-hydrogen) atoms. The minimum atomic E-state index is 0.254. The molecule has 0 aliphatic heterocycles. The maximum absolute atomic E-state index is 5.46. The molecule has 0 bridgehead atoms. The average Bonchev–Trinajstić information content (AvgIpc) is 2.86. The standard InChI is InChI=1S/C16H23N3O/c1-5-20-15-8-6-14(7-9-15)12(2)18-13(3)16-10-11-17-19(16)4/h6-13,18H,5H2,1-4H3. The van der Waals surface area contributed by atoms with Gasteiger partial charge in [0.25, 0.3) is 0 Å². The lowest BCUT2D eigenvalue weighted by Crippen LogP contribution is -2.24. The van der Waals surface area contributed by atoms with Crippen molar-refractivity contribution >= 4 is 0 Å². The third-order valence-corrected chi connectivity index (χ3v) is 3.49. The molecule has 0 aliphatic carbocycles. The molecule has 0 aliphatic rings. The van der Waals surface area contributed by atoms with E-state index in [0.29, 0.717) is 6.61 Å². The topological polar surface area (TPSA) is 39.1 Å². The molecule has 1 heterocycles. The highest BCUT2D eigenvalue weighted by atomic mass is 16.5. The van der Waals surface area contributed by atoms with Crippen molar-refractivity contribution in [2.75, 3.05) is 6.61 Å². The molecule has 0 radical (unpaired) electrons. The Bertz CT molecular complexity index is 533. The van der Waals surface area contributed by atoms with Crippen LogP contribution in [-0.4, -0.2) is 16.4 Å². The van der Waals surface area contributed by atoms with E-state index in [-0.39, 0.29) is 12.1 Å². The Balaban J connectivity index is 2.00. The molecule has 108 valence electrons. The molecule has 1 N–H and O–H groups in total. The third-order valence-electron chi connectivity index (χ3n) is 3.49. The highest BCUT2D eigenvalue weighted by Gasteiger charge is 2.13. The SMILES string of the molecule is CCOc1ccc(C(C)NC(C)c2ccnn2C)cc1. The molecule has 2 aromatic rings. The first-order valence-corrected chi connectivity index (χ1v) is 7.08. The third kappa shape index (κ3) is 3.39. The Hall–Kier alpha value is -1.81. The molecule has 4 nitrogen and oxygen atoms in total. The fourth-order valence-electron chi connectivity index (χ4n) is 2.38. The van der Waals surface area contributed by atoms with E-state index in [9.17, 15) is 0 Å². The molecule has 0 saturated heterocycles. The first kappa shape index (κ1) is 14.6. The van der Waals surface area contributed by atoms with Crippen LogP contribution in [0.4, 0.5) is 0 Å². The van der Waals surface area contributed by atoms with Crippen molar-refractivity contribution in [3.8, 4) is 5.75 Å². The van der Waals surface area contributed by atoms with Crippen LogP contribution in [0.5, 0.6) is 5.75 Å². The Kier molecular flexibility index (Phi) is 4.79. The zero-order valence-corrected chi connectivity index (χ0v) is 12.6. The number of aromatic nitrogens is 2. The first-order chi connectivity index (χ1) is 9.61. The van der Waals surface area contributed by atoms with Crippen LogP contribution in [0.3, 0.4) is 0 Å². The van der Waals surface area contributed by atoms with E-state index in [4.69, 9.17) is 4.74 Å². The Morgan fingerprint density at radius 3 is 2.40 bits per heavy atom. The van der Waals surface area contributed by atoms with Gasteiger partial charge in [-0.3, -0.25) is 4.68 Å². The maximum atomic E-state index is 5.46. The molecule has 4 heteroatoms. The monoisotopic (exact) mass is 273 g/mol. The number of hydrogen-bond donors (Lipinski definition) is 1. The number of nitrogens with one attached hydrogen (secondary N) is 1. The largest absolute Gasteiger partial charge is 0.494 e. The van der Waals surface area contributed by atoms with Gasteiger partial charge in [-0.25, -0.2) is 0 Å². The second-order valence-electron chi connectivity index (χ2n) is 4.99. The van der Waals surface area contributed by atoms with Crippen LogP contribution in [0.15, 0.2) is 36.5 Å². The maximum Gasteiger partial charge on any atom is 0.119 e. The second-order valence-corrected chi connectivity index (χ2v) is 4.99. The van der Waals surface area contributed by atoms with Gasteiger partial charge in [0.05, 0.1) is 12.3 Å². The van der Waals surface area contributed by atoms with Gasteiger partial charge in [0.15, 0.2) is 0 Å². The second kappa shape index (κ2) is 6.57. The summed E-state index contributed by atoms with van der Waals surface area (Å²) in [6.45, 7) is 7.02. The van der Waals surface area contributed by atoms with E-state index in [2.05, 4.69) is 36.4 Å². The van der Waals surface area contributed by atoms with E-state index in [1.807, 2.05) is 43.0 Å². The number of benzene rings is 1. The van der Waals surface area contributed by atoms with Crippen LogP contribution in [0.2, 0.25) is 0 Å². The molecule has 2 atom stereocenters. The number of ether oxygens (including phenoxy) is 1. The molecule has 1 aromatic carbocycles. The van der Waals surface area contributed by atoms with Gasteiger partial charge in [-0.2, -0.15) is 5.10 Å². The summed E-state index contributed by atoms with van der Waals surface area (Å²) in [6, 6.07) is 10.8. The zero-order chi connectivity index (χ0) is 14.5. The lowest BCUT2D eigenvalue weighted by atomic mass is 10.1.